The Labute approximate surface area is 215 Å². The van der Waals surface area contributed by atoms with Gasteiger partial charge in [-0.25, -0.2) is 28.6 Å². The summed E-state index contributed by atoms with van der Waals surface area (Å²) in [5.41, 5.74) is 11.9. The van der Waals surface area contributed by atoms with Crippen LogP contribution in [0.4, 0.5) is 5.82 Å². The fraction of sp³-hybridized carbons (Fsp3) is 0.688. The van der Waals surface area contributed by atoms with Crippen molar-refractivity contribution < 1.29 is 61.4 Å². The summed E-state index contributed by atoms with van der Waals surface area (Å²) in [7, 11) is -16.8. The van der Waals surface area contributed by atoms with E-state index in [9.17, 15) is 33.7 Å². The highest BCUT2D eigenvalue weighted by Crippen LogP contribution is 2.66. The Morgan fingerprint density at radius 2 is 1.66 bits per heavy atom. The standard InChI is InChI=1S/C16H29N6O13P3/c17-6-4-2-1-3-5-10-21-11-14(18)19-8-20-15(11)22(10)16-13(24)12(23)9(33-16)7-32-37(28,29)35-38(30,31)34-36(25,26)27/h8-9,12-13,16,23-24H,1-7,17H2,(H,28,29)(H,30,31)(H2,18,19,20)(H2,25,26,27)/t9-,12-,13-,16-/m1/s1. The lowest BCUT2D eigenvalue weighted by Crippen LogP contribution is -2.34. The maximum absolute atomic E-state index is 12.0. The number of ether oxygens (including phenoxy) is 1. The van der Waals surface area contributed by atoms with Crippen LogP contribution in [0, 0.1) is 0 Å². The Kier molecular flexibility index (Phi) is 10.2. The Morgan fingerprint density at radius 1 is 0.974 bits per heavy atom. The van der Waals surface area contributed by atoms with Crippen molar-refractivity contribution >= 4 is 40.4 Å². The number of nitrogens with two attached hydrogens (primary N) is 2. The molecule has 0 amide bonds. The summed E-state index contributed by atoms with van der Waals surface area (Å²) >= 11 is 0. The van der Waals surface area contributed by atoms with Crippen LogP contribution in [0.5, 0.6) is 0 Å². The molecule has 0 spiro atoms. The molecule has 0 bridgehead atoms. The fourth-order valence-corrected chi connectivity index (χ4v) is 6.78. The van der Waals surface area contributed by atoms with Crippen molar-refractivity contribution in [3.05, 3.63) is 12.2 Å². The van der Waals surface area contributed by atoms with Crippen LogP contribution in [0.3, 0.4) is 0 Å². The maximum Gasteiger partial charge on any atom is 0.490 e. The zero-order valence-corrected chi connectivity index (χ0v) is 22.3. The lowest BCUT2D eigenvalue weighted by atomic mass is 10.1. The van der Waals surface area contributed by atoms with Gasteiger partial charge in [0.1, 0.15) is 30.5 Å². The number of unbranched alkanes of at least 4 members (excludes halogenated alkanes) is 3. The van der Waals surface area contributed by atoms with Gasteiger partial charge in [-0.2, -0.15) is 8.62 Å². The van der Waals surface area contributed by atoms with Crippen molar-refractivity contribution in [3.63, 3.8) is 0 Å². The summed E-state index contributed by atoms with van der Waals surface area (Å²) in [5, 5.41) is 21.2. The number of fused-ring (bicyclic) bond motifs is 1. The van der Waals surface area contributed by atoms with Gasteiger partial charge in [0.05, 0.1) is 6.61 Å². The van der Waals surface area contributed by atoms with Gasteiger partial charge in [0.2, 0.25) is 0 Å². The summed E-state index contributed by atoms with van der Waals surface area (Å²) in [6, 6.07) is 0. The van der Waals surface area contributed by atoms with Crippen LogP contribution in [0.1, 0.15) is 37.7 Å². The molecule has 1 saturated heterocycles. The number of nitrogen functional groups attached to an aromatic ring is 1. The Morgan fingerprint density at radius 3 is 2.32 bits per heavy atom. The smallest absolute Gasteiger partial charge is 0.387 e. The topological polar surface area (TPSA) is 305 Å². The number of nitrogens with zero attached hydrogens (tertiary/aromatic N) is 4. The van der Waals surface area contributed by atoms with E-state index in [1.807, 2.05) is 0 Å². The minimum atomic E-state index is -5.73. The molecule has 216 valence electrons. The van der Waals surface area contributed by atoms with Gasteiger partial charge in [0, 0.05) is 6.42 Å². The van der Waals surface area contributed by atoms with Crippen molar-refractivity contribution in [1.29, 1.82) is 0 Å². The average molecular weight is 606 g/mol. The normalized spacial score (nSPS) is 25.4. The molecule has 3 heterocycles. The third-order valence-electron chi connectivity index (χ3n) is 5.34. The van der Waals surface area contributed by atoms with Crippen LogP contribution in [0.25, 0.3) is 11.2 Å². The SMILES string of the molecule is NCCCCCCc1nc2c(N)ncnc2n1[C@@H]1O[C@H](COP(=O)(O)OP(=O)(O)OP(=O)(O)O)[C@@H](O)[C@H]1O. The molecule has 0 saturated carbocycles. The Bertz CT molecular complexity index is 1260. The first-order valence-electron chi connectivity index (χ1n) is 11.1. The number of aromatic nitrogens is 4. The maximum atomic E-state index is 12.0. The number of rotatable bonds is 14. The highest BCUT2D eigenvalue weighted by atomic mass is 31.3. The second-order valence-corrected chi connectivity index (χ2v) is 12.6. The van der Waals surface area contributed by atoms with E-state index in [-0.39, 0.29) is 17.0 Å². The van der Waals surface area contributed by atoms with Crippen molar-refractivity contribution in [3.8, 4) is 0 Å². The van der Waals surface area contributed by atoms with Crippen LogP contribution in [-0.2, 0) is 38.0 Å². The van der Waals surface area contributed by atoms with E-state index in [0.29, 0.717) is 25.2 Å². The van der Waals surface area contributed by atoms with Crippen molar-refractivity contribution in [2.45, 2.75) is 56.6 Å². The van der Waals surface area contributed by atoms with Crippen molar-refractivity contribution in [1.82, 2.24) is 19.5 Å². The quantitative estimate of drug-likeness (QED) is 0.0986. The molecule has 22 heteroatoms. The Balaban J connectivity index is 1.76. The predicted octanol–water partition coefficient (Wildman–Crippen LogP) is -0.567. The third-order valence-corrected chi connectivity index (χ3v) is 9.15. The van der Waals surface area contributed by atoms with Crippen LogP contribution >= 0.6 is 23.5 Å². The number of hydrogen-bond acceptors (Lipinski definition) is 14. The molecular weight excluding hydrogens is 577 g/mol. The van der Waals surface area contributed by atoms with E-state index in [4.69, 9.17) is 26.0 Å². The molecule has 3 rings (SSSR count). The zero-order chi connectivity index (χ0) is 28.3. The van der Waals surface area contributed by atoms with Crippen molar-refractivity contribution in [2.75, 3.05) is 18.9 Å². The number of aryl methyl sites for hydroxylation is 1. The molecule has 2 aromatic heterocycles. The highest BCUT2D eigenvalue weighted by Gasteiger charge is 2.47. The number of imidazole rings is 1. The van der Waals surface area contributed by atoms with Gasteiger partial charge in [0.25, 0.3) is 0 Å². The number of aliphatic hydroxyl groups is 2. The van der Waals surface area contributed by atoms with E-state index in [0.717, 1.165) is 19.3 Å². The van der Waals surface area contributed by atoms with Crippen LogP contribution in [0.2, 0.25) is 0 Å². The summed E-state index contributed by atoms with van der Waals surface area (Å²) in [5.74, 6) is 0.472. The average Bonchev–Trinajstić information content (AvgIpc) is 3.28. The van der Waals surface area contributed by atoms with Gasteiger partial charge in [-0.05, 0) is 19.4 Å². The molecule has 0 radical (unpaired) electrons. The number of aliphatic hydroxyl groups excluding tert-OH is 2. The van der Waals surface area contributed by atoms with E-state index < -0.39 is 54.6 Å². The number of hydrogen-bond donors (Lipinski definition) is 8. The van der Waals surface area contributed by atoms with Crippen LogP contribution in [0.15, 0.2) is 6.33 Å². The molecule has 19 nitrogen and oxygen atoms in total. The van der Waals surface area contributed by atoms with Gasteiger partial charge in [-0.15, -0.1) is 0 Å². The highest BCUT2D eigenvalue weighted by molar-refractivity contribution is 7.66. The van der Waals surface area contributed by atoms with Gasteiger partial charge in [-0.1, -0.05) is 12.8 Å². The van der Waals surface area contributed by atoms with E-state index >= 15 is 0 Å². The van der Waals surface area contributed by atoms with E-state index in [1.165, 1.54) is 10.9 Å². The zero-order valence-electron chi connectivity index (χ0n) is 19.7. The predicted molar refractivity (Wildman–Crippen MR) is 127 cm³/mol. The number of phosphoric acid groups is 3. The molecule has 38 heavy (non-hydrogen) atoms. The lowest BCUT2D eigenvalue weighted by molar-refractivity contribution is -0.0515. The first kappa shape index (κ1) is 31.1. The molecule has 2 unspecified atom stereocenters. The summed E-state index contributed by atoms with van der Waals surface area (Å²) < 4.78 is 53.2. The van der Waals surface area contributed by atoms with Crippen molar-refractivity contribution in [2.24, 2.45) is 5.73 Å². The molecule has 1 aliphatic heterocycles. The van der Waals surface area contributed by atoms with Gasteiger partial charge in [0.15, 0.2) is 23.2 Å². The summed E-state index contributed by atoms with van der Waals surface area (Å²) in [4.78, 5) is 48.6. The minimum Gasteiger partial charge on any atom is -0.387 e. The lowest BCUT2D eigenvalue weighted by Gasteiger charge is -2.20. The first-order chi connectivity index (χ1) is 17.6. The monoisotopic (exact) mass is 606 g/mol. The molecule has 1 fully saturated rings. The summed E-state index contributed by atoms with van der Waals surface area (Å²) in [6.45, 7) is -0.400. The third kappa shape index (κ3) is 8.06. The van der Waals surface area contributed by atoms with Gasteiger partial charge in [-0.3, -0.25) is 9.09 Å². The molecule has 10 N–H and O–H groups in total. The van der Waals surface area contributed by atoms with Crippen LogP contribution < -0.4 is 11.5 Å². The fourth-order valence-electron chi connectivity index (χ4n) is 3.75. The molecule has 0 aliphatic carbocycles. The minimum absolute atomic E-state index is 0.0652. The number of anilines is 1. The largest absolute Gasteiger partial charge is 0.490 e. The second kappa shape index (κ2) is 12.4. The second-order valence-electron chi connectivity index (χ2n) is 8.22. The Hall–Kier alpha value is -1.40. The van der Waals surface area contributed by atoms with E-state index in [2.05, 4.69) is 28.1 Å². The van der Waals surface area contributed by atoms with Gasteiger partial charge >= 0.3 is 23.5 Å². The molecule has 1 aliphatic rings. The van der Waals surface area contributed by atoms with Gasteiger partial charge < -0.3 is 46.0 Å². The molecule has 2 aromatic rings. The first-order valence-corrected chi connectivity index (χ1v) is 15.6. The molecule has 6 atom stereocenters. The summed E-state index contributed by atoms with van der Waals surface area (Å²) in [6.07, 6.45) is -1.24. The van der Waals surface area contributed by atoms with E-state index in [1.54, 1.807) is 0 Å². The number of phosphoric ester groups is 1. The molecule has 0 aromatic carbocycles. The van der Waals surface area contributed by atoms with Crippen LogP contribution in [-0.4, -0.2) is 80.8 Å². The molecular formula is C16H29N6O13P3.